The summed E-state index contributed by atoms with van der Waals surface area (Å²) in [5.74, 6) is -1.29. The van der Waals surface area contributed by atoms with Crippen LogP contribution in [0.3, 0.4) is 0 Å². The third-order valence-corrected chi connectivity index (χ3v) is 8.06. The minimum absolute atomic E-state index is 0.0354. The number of nitrogens with two attached hydrogens (primary N) is 2. The van der Waals surface area contributed by atoms with Gasteiger partial charge in [0.15, 0.2) is 0 Å². The lowest BCUT2D eigenvalue weighted by Crippen LogP contribution is -2.59. The molecule has 4 atom stereocenters. The molecule has 0 radical (unpaired) electrons. The van der Waals surface area contributed by atoms with Crippen LogP contribution in [0, 0.1) is 11.3 Å². The van der Waals surface area contributed by atoms with Crippen molar-refractivity contribution in [2.75, 3.05) is 26.3 Å². The highest BCUT2D eigenvalue weighted by atomic mass is 16.5. The topological polar surface area (TPSA) is 157 Å². The monoisotopic (exact) mass is 525 g/mol. The zero-order chi connectivity index (χ0) is 27.1. The molecule has 3 aliphatic heterocycles. The fourth-order valence-electron chi connectivity index (χ4n) is 5.72. The largest absolute Gasteiger partial charge is 0.381 e. The Morgan fingerprint density at radius 2 is 1.84 bits per heavy atom. The molecule has 0 bridgehead atoms. The smallest absolute Gasteiger partial charge is 0.243 e. The SMILES string of the molecule is NC(=O)C[C@H](N)C(=O)N1CC[C@H]2NC(=O)[C@@H](Cc3ccccc3)NC(=O)C3(C/C=C/C[C@H]2C1)CCOCC3. The van der Waals surface area contributed by atoms with E-state index in [-0.39, 0.29) is 36.1 Å². The second-order valence-electron chi connectivity index (χ2n) is 10.7. The van der Waals surface area contributed by atoms with Crippen molar-refractivity contribution in [3.8, 4) is 0 Å². The number of fused-ring (bicyclic) bond motifs is 1. The number of carbonyl (C=O) groups is 4. The van der Waals surface area contributed by atoms with Crippen molar-refractivity contribution < 1.29 is 23.9 Å². The van der Waals surface area contributed by atoms with Gasteiger partial charge < -0.3 is 31.7 Å². The normalized spacial score (nSPS) is 27.6. The van der Waals surface area contributed by atoms with Crippen LogP contribution in [0.2, 0.25) is 0 Å². The molecule has 10 nitrogen and oxygen atoms in total. The number of benzene rings is 1. The Bertz CT molecular complexity index is 1040. The molecule has 0 aromatic heterocycles. The summed E-state index contributed by atoms with van der Waals surface area (Å²) in [5, 5.41) is 6.27. The lowest BCUT2D eigenvalue weighted by molar-refractivity contribution is -0.140. The Morgan fingerprint density at radius 1 is 1.11 bits per heavy atom. The van der Waals surface area contributed by atoms with Gasteiger partial charge in [0.25, 0.3) is 0 Å². The number of carbonyl (C=O) groups excluding carboxylic acids is 4. The Balaban J connectivity index is 1.57. The fourth-order valence-corrected chi connectivity index (χ4v) is 5.72. The van der Waals surface area contributed by atoms with E-state index in [1.165, 1.54) is 0 Å². The summed E-state index contributed by atoms with van der Waals surface area (Å²) >= 11 is 0. The van der Waals surface area contributed by atoms with Gasteiger partial charge in [-0.05, 0) is 37.7 Å². The van der Waals surface area contributed by atoms with Crippen molar-refractivity contribution in [1.29, 1.82) is 0 Å². The van der Waals surface area contributed by atoms with E-state index in [1.54, 1.807) is 4.90 Å². The predicted molar refractivity (Wildman–Crippen MR) is 141 cm³/mol. The van der Waals surface area contributed by atoms with Crippen LogP contribution < -0.4 is 22.1 Å². The second kappa shape index (κ2) is 12.5. The highest BCUT2D eigenvalue weighted by Crippen LogP contribution is 2.36. The molecule has 38 heavy (non-hydrogen) atoms. The van der Waals surface area contributed by atoms with Gasteiger partial charge in [-0.1, -0.05) is 42.5 Å². The second-order valence-corrected chi connectivity index (χ2v) is 10.7. The number of allylic oxidation sites excluding steroid dienone is 2. The van der Waals surface area contributed by atoms with Crippen LogP contribution in [0.5, 0.6) is 0 Å². The number of nitrogens with one attached hydrogen (secondary N) is 2. The minimum Gasteiger partial charge on any atom is -0.381 e. The van der Waals surface area contributed by atoms with Crippen LogP contribution in [0.1, 0.15) is 44.1 Å². The molecule has 0 saturated carbocycles. The molecule has 206 valence electrons. The Labute approximate surface area is 223 Å². The summed E-state index contributed by atoms with van der Waals surface area (Å²) < 4.78 is 5.55. The fraction of sp³-hybridized carbons (Fsp3) is 0.571. The van der Waals surface area contributed by atoms with E-state index in [1.807, 2.05) is 30.3 Å². The van der Waals surface area contributed by atoms with Gasteiger partial charge in [0.1, 0.15) is 6.04 Å². The molecule has 0 aliphatic carbocycles. The molecular weight excluding hydrogens is 486 g/mol. The van der Waals surface area contributed by atoms with Gasteiger partial charge in [0.2, 0.25) is 23.6 Å². The van der Waals surface area contributed by atoms with Crippen LogP contribution in [-0.4, -0.2) is 73.0 Å². The molecular formula is C28H39N5O5. The number of piperidine rings is 1. The molecule has 4 amide bonds. The maximum absolute atomic E-state index is 13.6. The molecule has 1 aromatic carbocycles. The summed E-state index contributed by atoms with van der Waals surface area (Å²) in [4.78, 5) is 53.1. The van der Waals surface area contributed by atoms with E-state index in [4.69, 9.17) is 16.2 Å². The van der Waals surface area contributed by atoms with Gasteiger partial charge in [0.05, 0.1) is 17.9 Å². The maximum atomic E-state index is 13.6. The van der Waals surface area contributed by atoms with Crippen molar-refractivity contribution in [1.82, 2.24) is 15.5 Å². The zero-order valence-electron chi connectivity index (χ0n) is 21.8. The average Bonchev–Trinajstić information content (AvgIpc) is 2.91. The van der Waals surface area contributed by atoms with Gasteiger partial charge >= 0.3 is 0 Å². The van der Waals surface area contributed by atoms with Gasteiger partial charge in [-0.15, -0.1) is 0 Å². The van der Waals surface area contributed by atoms with Crippen molar-refractivity contribution in [3.63, 3.8) is 0 Å². The average molecular weight is 526 g/mol. The van der Waals surface area contributed by atoms with Crippen molar-refractivity contribution >= 4 is 23.6 Å². The zero-order valence-corrected chi connectivity index (χ0v) is 21.8. The maximum Gasteiger partial charge on any atom is 0.243 e. The molecule has 1 spiro atoms. The van der Waals surface area contributed by atoms with Crippen molar-refractivity contribution in [3.05, 3.63) is 48.0 Å². The number of nitrogens with zero attached hydrogens (tertiary/aromatic N) is 1. The molecule has 2 fully saturated rings. The third kappa shape index (κ3) is 6.79. The number of ether oxygens (including phenoxy) is 1. The van der Waals surface area contributed by atoms with Crippen LogP contribution in [-0.2, 0) is 30.3 Å². The summed E-state index contributed by atoms with van der Waals surface area (Å²) in [5.41, 5.74) is 11.5. The van der Waals surface area contributed by atoms with E-state index in [0.717, 1.165) is 5.56 Å². The highest BCUT2D eigenvalue weighted by Gasteiger charge is 2.42. The predicted octanol–water partition coefficient (Wildman–Crippen LogP) is 0.397. The number of likely N-dealkylation sites (tertiary alicyclic amines) is 1. The Morgan fingerprint density at radius 3 is 2.55 bits per heavy atom. The molecule has 3 heterocycles. The number of rotatable bonds is 5. The molecule has 4 rings (SSSR count). The standard InChI is InChI=1S/C28H39N5O5/c29-21(17-24(30)34)26(36)33-13-9-22-20(18-33)8-4-5-10-28(11-14-38-15-12-28)27(37)32-23(25(35)31-22)16-19-6-2-1-3-7-19/h1-7,20-23H,8-18,29H2,(H2,30,34)(H,31,35)(H,32,37)/b5-4+/t20-,21-,22+,23+/m0/s1. The number of hydrogen-bond acceptors (Lipinski definition) is 6. The van der Waals surface area contributed by atoms with Crippen LogP contribution in [0.15, 0.2) is 42.5 Å². The van der Waals surface area contributed by atoms with Gasteiger partial charge in [-0.3, -0.25) is 19.2 Å². The Kier molecular flexibility index (Phi) is 9.17. The van der Waals surface area contributed by atoms with E-state index in [2.05, 4.69) is 22.8 Å². The third-order valence-electron chi connectivity index (χ3n) is 8.06. The lowest BCUT2D eigenvalue weighted by Gasteiger charge is -2.41. The van der Waals surface area contributed by atoms with Gasteiger partial charge in [-0.2, -0.15) is 0 Å². The highest BCUT2D eigenvalue weighted by molar-refractivity contribution is 5.91. The minimum atomic E-state index is -0.973. The first-order chi connectivity index (χ1) is 18.3. The molecule has 2 saturated heterocycles. The van der Waals surface area contributed by atoms with Crippen LogP contribution in [0.25, 0.3) is 0 Å². The van der Waals surface area contributed by atoms with Crippen LogP contribution in [0.4, 0.5) is 0 Å². The summed E-state index contributed by atoms with van der Waals surface area (Å²) in [6.45, 7) is 1.83. The van der Waals surface area contributed by atoms with E-state index < -0.39 is 23.4 Å². The van der Waals surface area contributed by atoms with Gasteiger partial charge in [0, 0.05) is 44.7 Å². The van der Waals surface area contributed by atoms with Gasteiger partial charge in [-0.25, -0.2) is 0 Å². The first-order valence-electron chi connectivity index (χ1n) is 13.5. The van der Waals surface area contributed by atoms with Crippen LogP contribution >= 0.6 is 0 Å². The Hall–Kier alpha value is -3.24. The molecule has 1 aromatic rings. The van der Waals surface area contributed by atoms with Crippen molar-refractivity contribution in [2.45, 2.75) is 63.1 Å². The number of hydrogen-bond donors (Lipinski definition) is 4. The van der Waals surface area contributed by atoms with Crippen molar-refractivity contribution in [2.24, 2.45) is 22.8 Å². The van der Waals surface area contributed by atoms with E-state index in [0.29, 0.717) is 64.8 Å². The first kappa shape index (κ1) is 27.8. The molecule has 3 aliphatic rings. The molecule has 10 heteroatoms. The summed E-state index contributed by atoms with van der Waals surface area (Å²) in [6.07, 6.45) is 7.21. The summed E-state index contributed by atoms with van der Waals surface area (Å²) in [7, 11) is 0. The van der Waals surface area contributed by atoms with E-state index in [9.17, 15) is 19.2 Å². The lowest BCUT2D eigenvalue weighted by atomic mass is 9.75. The summed E-state index contributed by atoms with van der Waals surface area (Å²) in [6, 6.07) is 7.78. The molecule has 0 unspecified atom stereocenters. The quantitative estimate of drug-likeness (QED) is 0.408. The number of primary amides is 1. The number of amides is 4. The van der Waals surface area contributed by atoms with E-state index >= 15 is 0 Å². The first-order valence-corrected chi connectivity index (χ1v) is 13.5. The molecule has 6 N–H and O–H groups in total.